The van der Waals surface area contributed by atoms with E-state index in [4.69, 9.17) is 21.6 Å². The maximum Gasteiger partial charge on any atom is 0.259 e. The van der Waals surface area contributed by atoms with Gasteiger partial charge in [0.2, 0.25) is 0 Å². The van der Waals surface area contributed by atoms with Crippen LogP contribution >= 0.6 is 11.6 Å². The zero-order chi connectivity index (χ0) is 23.4. The molecule has 0 bridgehead atoms. The van der Waals surface area contributed by atoms with Crippen molar-refractivity contribution >= 4 is 51.6 Å². The molecule has 2 aromatic carbocycles. The molecule has 11 heteroatoms. The Kier molecular flexibility index (Phi) is 7.18. The quantitative estimate of drug-likeness (QED) is 0.224. The Labute approximate surface area is 191 Å². The maximum absolute atomic E-state index is 12.9. The number of hydrogen-bond acceptors (Lipinski definition) is 5. The molecule has 32 heavy (non-hydrogen) atoms. The van der Waals surface area contributed by atoms with Crippen LogP contribution in [0.4, 0.5) is 11.4 Å². The molecule has 0 saturated carbocycles. The van der Waals surface area contributed by atoms with Gasteiger partial charge in [-0.1, -0.05) is 35.9 Å². The van der Waals surface area contributed by atoms with Crippen LogP contribution in [0.2, 0.25) is 5.02 Å². The summed E-state index contributed by atoms with van der Waals surface area (Å²) in [7, 11) is 1.63. The molecular weight excluding hydrogens is 454 g/mol. The maximum atomic E-state index is 12.9. The van der Waals surface area contributed by atoms with E-state index in [0.29, 0.717) is 22.0 Å². The third-order valence-electron chi connectivity index (χ3n) is 4.70. The van der Waals surface area contributed by atoms with Crippen molar-refractivity contribution in [2.24, 2.45) is 7.05 Å². The number of halogens is 1. The summed E-state index contributed by atoms with van der Waals surface area (Å²) < 4.78 is 24.0. The van der Waals surface area contributed by atoms with E-state index < -0.39 is 17.2 Å². The molecule has 3 aromatic rings. The molecule has 0 aliphatic heterocycles. The lowest BCUT2D eigenvalue weighted by Gasteiger charge is -2.12. The lowest BCUT2D eigenvalue weighted by Crippen LogP contribution is -2.18. The third kappa shape index (κ3) is 5.47. The summed E-state index contributed by atoms with van der Waals surface area (Å²) in [5.74, 6) is -0.744. The molecule has 9 nitrogen and oxygen atoms in total. The molecule has 1 amide bonds. The van der Waals surface area contributed by atoms with Crippen LogP contribution in [0.3, 0.4) is 0 Å². The molecule has 1 atom stereocenters. The van der Waals surface area contributed by atoms with Gasteiger partial charge in [0, 0.05) is 23.3 Å². The van der Waals surface area contributed by atoms with Gasteiger partial charge in [-0.25, -0.2) is 4.21 Å². The fourth-order valence-electron chi connectivity index (χ4n) is 3.02. The molecule has 3 rings (SSSR count). The molecule has 1 heterocycles. The number of anilines is 2. The van der Waals surface area contributed by atoms with E-state index in [9.17, 15) is 13.8 Å². The molecule has 0 aliphatic carbocycles. The summed E-state index contributed by atoms with van der Waals surface area (Å²) in [5, 5.41) is 14.7. The molecular formula is C21H20ClN5O4S. The number of carbonyl (C=O) groups excluding carboxylic acids is 2. The van der Waals surface area contributed by atoms with Crippen LogP contribution in [0, 0.1) is 5.41 Å². The molecule has 0 aliphatic rings. The van der Waals surface area contributed by atoms with Gasteiger partial charge >= 0.3 is 0 Å². The molecule has 1 unspecified atom stereocenters. The van der Waals surface area contributed by atoms with Crippen molar-refractivity contribution in [2.45, 2.75) is 13.3 Å². The van der Waals surface area contributed by atoms with Gasteiger partial charge < -0.3 is 10.7 Å². The molecule has 4 N–H and O–H groups in total. The molecule has 1 aromatic heterocycles. The average Bonchev–Trinajstić information content (AvgIpc) is 3.10. The van der Waals surface area contributed by atoms with Crippen molar-refractivity contribution in [3.63, 3.8) is 0 Å². The van der Waals surface area contributed by atoms with Gasteiger partial charge in [-0.15, -0.1) is 0 Å². The van der Waals surface area contributed by atoms with Gasteiger partial charge in [0.25, 0.3) is 17.2 Å². The number of rotatable bonds is 8. The highest BCUT2D eigenvalue weighted by molar-refractivity contribution is 7.80. The predicted octanol–water partition coefficient (Wildman–Crippen LogP) is 3.69. The van der Waals surface area contributed by atoms with Gasteiger partial charge in [-0.3, -0.25) is 23.5 Å². The van der Waals surface area contributed by atoms with E-state index >= 15 is 0 Å². The highest BCUT2D eigenvalue weighted by Gasteiger charge is 2.21. The number of ketones is 1. The van der Waals surface area contributed by atoms with Gasteiger partial charge in [0.15, 0.2) is 5.78 Å². The number of benzene rings is 2. The summed E-state index contributed by atoms with van der Waals surface area (Å²) in [6.45, 7) is 1.66. The van der Waals surface area contributed by atoms with Crippen LogP contribution in [-0.2, 0) is 24.7 Å². The highest BCUT2D eigenvalue weighted by Crippen LogP contribution is 2.27. The number of aryl methyl sites for hydroxylation is 1. The van der Waals surface area contributed by atoms with Crippen LogP contribution in [0.25, 0.3) is 0 Å². The summed E-state index contributed by atoms with van der Waals surface area (Å²) in [4.78, 5) is 25.7. The van der Waals surface area contributed by atoms with Gasteiger partial charge in [-0.05, 0) is 30.7 Å². The highest BCUT2D eigenvalue weighted by atomic mass is 35.5. The van der Waals surface area contributed by atoms with Crippen LogP contribution in [0.15, 0.2) is 48.7 Å². The monoisotopic (exact) mass is 473 g/mol. The fourth-order valence-corrected chi connectivity index (χ4v) is 3.55. The Morgan fingerprint density at radius 2 is 1.81 bits per heavy atom. The SMILES string of the molecule is CC(=N)c1ccc(C(=O)Cc2c(C(=O)Nc3ccc(Cl)cc3NS(=O)O)cnn2C)cc1. The smallest absolute Gasteiger partial charge is 0.259 e. The van der Waals surface area contributed by atoms with Crippen molar-refractivity contribution in [1.82, 2.24) is 9.78 Å². The van der Waals surface area contributed by atoms with Gasteiger partial charge in [0.1, 0.15) is 0 Å². The summed E-state index contributed by atoms with van der Waals surface area (Å²) in [6.07, 6.45) is 1.29. The minimum atomic E-state index is -2.36. The van der Waals surface area contributed by atoms with Crippen molar-refractivity contribution in [2.75, 3.05) is 10.0 Å². The Hall–Kier alpha value is -3.34. The van der Waals surface area contributed by atoms with Crippen molar-refractivity contribution < 1.29 is 18.4 Å². The van der Waals surface area contributed by atoms with E-state index in [-0.39, 0.29) is 29.1 Å². The molecule has 0 fully saturated rings. The molecule has 0 spiro atoms. The number of amides is 1. The normalized spacial score (nSPS) is 11.6. The second-order valence-corrected chi connectivity index (χ2v) is 8.06. The first-order valence-corrected chi connectivity index (χ1v) is 10.8. The van der Waals surface area contributed by atoms with E-state index in [2.05, 4.69) is 15.1 Å². The average molecular weight is 474 g/mol. The lowest BCUT2D eigenvalue weighted by molar-refractivity contribution is 0.0990. The zero-order valence-corrected chi connectivity index (χ0v) is 18.8. The second kappa shape index (κ2) is 9.86. The second-order valence-electron chi connectivity index (χ2n) is 6.93. The van der Waals surface area contributed by atoms with Crippen LogP contribution in [0.5, 0.6) is 0 Å². The Bertz CT molecular complexity index is 1220. The van der Waals surface area contributed by atoms with Crippen LogP contribution < -0.4 is 10.0 Å². The van der Waals surface area contributed by atoms with Crippen molar-refractivity contribution in [3.05, 3.63) is 76.1 Å². The van der Waals surface area contributed by atoms with Crippen molar-refractivity contribution in [1.29, 1.82) is 5.41 Å². The molecule has 0 saturated heterocycles. The Morgan fingerprint density at radius 1 is 1.16 bits per heavy atom. The Balaban J connectivity index is 1.82. The molecule has 166 valence electrons. The number of hydrogen-bond donors (Lipinski definition) is 4. The minimum Gasteiger partial charge on any atom is -0.320 e. The zero-order valence-electron chi connectivity index (χ0n) is 17.2. The van der Waals surface area contributed by atoms with E-state index in [1.165, 1.54) is 29.1 Å². The van der Waals surface area contributed by atoms with Gasteiger partial charge in [0.05, 0.1) is 35.2 Å². The number of nitrogens with zero attached hydrogens (tertiary/aromatic N) is 2. The van der Waals surface area contributed by atoms with Crippen LogP contribution in [0.1, 0.15) is 38.9 Å². The summed E-state index contributed by atoms with van der Waals surface area (Å²) in [5.41, 5.74) is 2.58. The number of nitrogens with one attached hydrogen (secondary N) is 3. The minimum absolute atomic E-state index is 0.0610. The van der Waals surface area contributed by atoms with E-state index in [1.54, 1.807) is 38.2 Å². The van der Waals surface area contributed by atoms with Crippen molar-refractivity contribution in [3.8, 4) is 0 Å². The van der Waals surface area contributed by atoms with Gasteiger partial charge in [-0.2, -0.15) is 5.10 Å². The first kappa shape index (κ1) is 23.3. The fraction of sp³-hybridized carbons (Fsp3) is 0.143. The standard InChI is InChI=1S/C21H20ClN5O4S/c1-12(23)13-3-5-14(6-4-13)20(28)10-19-16(11-24-27(19)2)21(29)25-17-8-7-15(22)9-18(17)26-32(30)31/h3-9,11,23,26H,10H2,1-2H3,(H,25,29)(H,30,31). The number of Topliss-reactive ketones (excluding diaryl/α,β-unsaturated/α-hetero) is 1. The largest absolute Gasteiger partial charge is 0.320 e. The predicted molar refractivity (Wildman–Crippen MR) is 124 cm³/mol. The first-order valence-electron chi connectivity index (χ1n) is 9.33. The number of aromatic nitrogens is 2. The topological polar surface area (TPSA) is 137 Å². The van der Waals surface area contributed by atoms with Crippen LogP contribution in [-0.4, -0.2) is 35.9 Å². The molecule has 0 radical (unpaired) electrons. The summed E-state index contributed by atoms with van der Waals surface area (Å²) in [6, 6.07) is 11.1. The number of carbonyl (C=O) groups is 2. The lowest BCUT2D eigenvalue weighted by atomic mass is 10.0. The summed E-state index contributed by atoms with van der Waals surface area (Å²) >= 11 is 3.57. The van der Waals surface area contributed by atoms with E-state index in [1.807, 2.05) is 0 Å². The Morgan fingerprint density at radius 3 is 2.44 bits per heavy atom. The van der Waals surface area contributed by atoms with E-state index in [0.717, 1.165) is 5.56 Å². The third-order valence-corrected chi connectivity index (χ3v) is 5.33. The first-order chi connectivity index (χ1) is 15.2.